The van der Waals surface area contributed by atoms with Crippen LogP contribution in [0.5, 0.6) is 17.4 Å². The maximum atomic E-state index is 13.1. The summed E-state index contributed by atoms with van der Waals surface area (Å²) in [5.41, 5.74) is 2.25. The number of rotatable bonds is 7. The van der Waals surface area contributed by atoms with Crippen LogP contribution in [0.2, 0.25) is 0 Å². The van der Waals surface area contributed by atoms with Crippen molar-refractivity contribution >= 4 is 11.4 Å². The van der Waals surface area contributed by atoms with Crippen molar-refractivity contribution in [3.8, 4) is 23.4 Å². The maximum Gasteiger partial charge on any atom is 0.281 e. The van der Waals surface area contributed by atoms with E-state index in [1.54, 1.807) is 39.3 Å². The summed E-state index contributed by atoms with van der Waals surface area (Å²) in [6.45, 7) is 3.64. The predicted octanol–water partition coefficient (Wildman–Crippen LogP) is 4.72. The van der Waals surface area contributed by atoms with Crippen LogP contribution in [0, 0.1) is 25.2 Å². The molecular formula is C24H24N4O4. The molecule has 0 amide bonds. The Kier molecular flexibility index (Phi) is 6.90. The molecule has 0 aliphatic carbocycles. The molecule has 0 atom stereocenters. The van der Waals surface area contributed by atoms with Gasteiger partial charge in [0.2, 0.25) is 5.88 Å². The highest BCUT2D eigenvalue weighted by Gasteiger charge is 2.19. The van der Waals surface area contributed by atoms with Gasteiger partial charge in [-0.3, -0.25) is 9.36 Å². The SMILES string of the molecule is COc1ccc(CCn2c(O)c(C#N)c(C)c(N=Nc3cccc(C)c3)c2=O)cc1OC. The highest BCUT2D eigenvalue weighted by molar-refractivity contribution is 5.57. The van der Waals surface area contributed by atoms with Crippen LogP contribution in [-0.4, -0.2) is 23.9 Å². The normalized spacial score (nSPS) is 10.8. The van der Waals surface area contributed by atoms with Gasteiger partial charge in [-0.05, 0) is 55.7 Å². The average Bonchev–Trinajstić information content (AvgIpc) is 2.79. The topological polar surface area (TPSA) is 109 Å². The van der Waals surface area contributed by atoms with Gasteiger partial charge in [0.1, 0.15) is 11.6 Å². The quantitative estimate of drug-likeness (QED) is 0.544. The number of ether oxygens (including phenoxy) is 2. The van der Waals surface area contributed by atoms with Crippen molar-refractivity contribution in [3.63, 3.8) is 0 Å². The van der Waals surface area contributed by atoms with Gasteiger partial charge in [0.15, 0.2) is 17.2 Å². The van der Waals surface area contributed by atoms with Gasteiger partial charge < -0.3 is 14.6 Å². The van der Waals surface area contributed by atoms with Gasteiger partial charge in [0.05, 0.1) is 19.9 Å². The smallest absolute Gasteiger partial charge is 0.281 e. The van der Waals surface area contributed by atoms with Gasteiger partial charge in [0.25, 0.3) is 5.56 Å². The van der Waals surface area contributed by atoms with Crippen molar-refractivity contribution in [2.75, 3.05) is 14.2 Å². The Morgan fingerprint density at radius 3 is 2.47 bits per heavy atom. The zero-order valence-electron chi connectivity index (χ0n) is 18.4. The fourth-order valence-electron chi connectivity index (χ4n) is 3.34. The van der Waals surface area contributed by atoms with Crippen LogP contribution in [0.3, 0.4) is 0 Å². The van der Waals surface area contributed by atoms with Gasteiger partial charge in [-0.2, -0.15) is 10.4 Å². The molecular weight excluding hydrogens is 408 g/mol. The third kappa shape index (κ3) is 4.62. The Labute approximate surface area is 186 Å². The second-order valence-corrected chi connectivity index (χ2v) is 7.22. The lowest BCUT2D eigenvalue weighted by Gasteiger charge is -2.14. The molecule has 0 aliphatic rings. The zero-order valence-corrected chi connectivity index (χ0v) is 18.4. The number of methoxy groups -OCH3 is 2. The van der Waals surface area contributed by atoms with E-state index in [1.165, 1.54) is 0 Å². The van der Waals surface area contributed by atoms with Gasteiger partial charge in [-0.1, -0.05) is 18.2 Å². The summed E-state index contributed by atoms with van der Waals surface area (Å²) < 4.78 is 11.7. The van der Waals surface area contributed by atoms with Crippen LogP contribution < -0.4 is 15.0 Å². The number of nitriles is 1. The Balaban J connectivity index is 1.98. The molecule has 1 aromatic heterocycles. The third-order valence-corrected chi connectivity index (χ3v) is 5.11. The molecule has 0 saturated heterocycles. The number of hydrogen-bond donors (Lipinski definition) is 1. The van der Waals surface area contributed by atoms with Gasteiger partial charge in [-0.25, -0.2) is 0 Å². The molecule has 0 spiro atoms. The molecule has 3 aromatic rings. The van der Waals surface area contributed by atoms with E-state index in [-0.39, 0.29) is 29.2 Å². The van der Waals surface area contributed by atoms with E-state index in [0.717, 1.165) is 15.7 Å². The van der Waals surface area contributed by atoms with E-state index in [0.29, 0.717) is 23.6 Å². The Morgan fingerprint density at radius 2 is 1.81 bits per heavy atom. The molecule has 0 radical (unpaired) electrons. The molecule has 0 unspecified atom stereocenters. The molecule has 3 rings (SSSR count). The van der Waals surface area contributed by atoms with E-state index in [4.69, 9.17) is 9.47 Å². The number of nitrogens with zero attached hydrogens (tertiary/aromatic N) is 4. The van der Waals surface area contributed by atoms with Crippen LogP contribution in [0.4, 0.5) is 11.4 Å². The molecule has 0 saturated carbocycles. The van der Waals surface area contributed by atoms with Crippen LogP contribution in [0.25, 0.3) is 0 Å². The average molecular weight is 432 g/mol. The Bertz CT molecular complexity index is 1270. The number of aromatic nitrogens is 1. The molecule has 0 aliphatic heterocycles. The van der Waals surface area contributed by atoms with E-state index >= 15 is 0 Å². The van der Waals surface area contributed by atoms with Crippen molar-refractivity contribution in [1.82, 2.24) is 4.57 Å². The van der Waals surface area contributed by atoms with Crippen LogP contribution in [0.15, 0.2) is 57.5 Å². The van der Waals surface area contributed by atoms with Gasteiger partial charge in [0, 0.05) is 12.1 Å². The van der Waals surface area contributed by atoms with E-state index in [2.05, 4.69) is 10.2 Å². The molecule has 164 valence electrons. The molecule has 32 heavy (non-hydrogen) atoms. The first-order valence-corrected chi connectivity index (χ1v) is 9.95. The predicted molar refractivity (Wildman–Crippen MR) is 120 cm³/mol. The summed E-state index contributed by atoms with van der Waals surface area (Å²) in [4.78, 5) is 13.1. The molecule has 1 heterocycles. The van der Waals surface area contributed by atoms with E-state index in [9.17, 15) is 15.2 Å². The molecule has 8 heteroatoms. The monoisotopic (exact) mass is 432 g/mol. The van der Waals surface area contributed by atoms with Crippen LogP contribution in [0.1, 0.15) is 22.3 Å². The number of pyridine rings is 1. The number of benzene rings is 2. The van der Waals surface area contributed by atoms with E-state index in [1.807, 2.05) is 37.3 Å². The van der Waals surface area contributed by atoms with Crippen molar-refractivity contribution in [1.29, 1.82) is 5.26 Å². The minimum Gasteiger partial charge on any atom is -0.493 e. The summed E-state index contributed by atoms with van der Waals surface area (Å²) in [6.07, 6.45) is 0.413. The highest BCUT2D eigenvalue weighted by Crippen LogP contribution is 2.29. The largest absolute Gasteiger partial charge is 0.493 e. The summed E-state index contributed by atoms with van der Waals surface area (Å²) in [5.74, 6) is 0.776. The minimum atomic E-state index is -0.518. The Morgan fingerprint density at radius 1 is 1.06 bits per heavy atom. The fourth-order valence-corrected chi connectivity index (χ4v) is 3.34. The number of aryl methyl sites for hydroxylation is 2. The second-order valence-electron chi connectivity index (χ2n) is 7.22. The number of hydrogen-bond acceptors (Lipinski definition) is 7. The van der Waals surface area contributed by atoms with Crippen LogP contribution >= 0.6 is 0 Å². The molecule has 0 fully saturated rings. The molecule has 0 bridgehead atoms. The van der Waals surface area contributed by atoms with Crippen molar-refractivity contribution in [2.24, 2.45) is 10.2 Å². The maximum absolute atomic E-state index is 13.1. The lowest BCUT2D eigenvalue weighted by atomic mass is 10.1. The Hall–Kier alpha value is -4.12. The summed E-state index contributed by atoms with van der Waals surface area (Å²) in [6, 6.07) is 14.8. The van der Waals surface area contributed by atoms with Gasteiger partial charge in [-0.15, -0.1) is 5.11 Å². The highest BCUT2D eigenvalue weighted by atomic mass is 16.5. The first-order chi connectivity index (χ1) is 15.4. The van der Waals surface area contributed by atoms with Crippen LogP contribution in [-0.2, 0) is 13.0 Å². The number of azo groups is 1. The van der Waals surface area contributed by atoms with E-state index < -0.39 is 5.56 Å². The first-order valence-electron chi connectivity index (χ1n) is 9.95. The van der Waals surface area contributed by atoms with Crippen molar-refractivity contribution in [3.05, 3.63) is 75.1 Å². The summed E-state index contributed by atoms with van der Waals surface area (Å²) in [5, 5.41) is 28.4. The summed E-state index contributed by atoms with van der Waals surface area (Å²) in [7, 11) is 3.10. The zero-order chi connectivity index (χ0) is 23.3. The van der Waals surface area contributed by atoms with Crippen molar-refractivity contribution in [2.45, 2.75) is 26.8 Å². The molecule has 8 nitrogen and oxygen atoms in total. The first kappa shape index (κ1) is 22.6. The van der Waals surface area contributed by atoms with Crippen molar-refractivity contribution < 1.29 is 14.6 Å². The third-order valence-electron chi connectivity index (χ3n) is 5.11. The molecule has 2 aromatic carbocycles. The van der Waals surface area contributed by atoms with Gasteiger partial charge >= 0.3 is 0 Å². The number of aromatic hydroxyl groups is 1. The molecule has 1 N–H and O–H groups in total. The minimum absolute atomic E-state index is 0.00453. The summed E-state index contributed by atoms with van der Waals surface area (Å²) >= 11 is 0. The lowest BCUT2D eigenvalue weighted by molar-refractivity contribution is 0.354. The fraction of sp³-hybridized carbons (Fsp3) is 0.250. The standard InChI is InChI=1S/C24H24N4O4/c1-15-6-5-7-18(12-15)26-27-22-16(2)19(14-25)23(29)28(24(22)30)11-10-17-8-9-20(31-3)21(13-17)32-4/h5-9,12-13,29H,10-11H2,1-4H3. The second kappa shape index (κ2) is 9.79. The lowest BCUT2D eigenvalue weighted by Crippen LogP contribution is -2.23.